The van der Waals surface area contributed by atoms with Gasteiger partial charge in [0.25, 0.3) is 5.56 Å². The first kappa shape index (κ1) is 20.5. The molecule has 1 heterocycles. The average Bonchev–Trinajstić information content (AvgIpc) is 2.56. The number of hydrogen-bond acceptors (Lipinski definition) is 5. The van der Waals surface area contributed by atoms with Crippen LogP contribution >= 0.6 is 0 Å². The van der Waals surface area contributed by atoms with Crippen molar-refractivity contribution in [3.05, 3.63) is 16.0 Å². The van der Waals surface area contributed by atoms with Crippen LogP contribution in [0.25, 0.3) is 0 Å². The van der Waals surface area contributed by atoms with Crippen LogP contribution in [0.3, 0.4) is 0 Å². The highest BCUT2D eigenvalue weighted by atomic mass is 16.1. The van der Waals surface area contributed by atoms with Crippen LogP contribution in [0.4, 0.5) is 5.95 Å². The molecule has 0 aliphatic carbocycles. The van der Waals surface area contributed by atoms with E-state index < -0.39 is 0 Å². The predicted molar refractivity (Wildman–Crippen MR) is 101 cm³/mol. The van der Waals surface area contributed by atoms with E-state index in [1.165, 1.54) is 57.8 Å². The molecule has 0 aromatic carbocycles. The Morgan fingerprint density at radius 3 is 2.04 bits per heavy atom. The summed E-state index contributed by atoms with van der Waals surface area (Å²) in [5.41, 5.74) is 0.132. The molecule has 1 rings (SSSR count). The molecule has 0 aliphatic rings. The lowest BCUT2D eigenvalue weighted by Crippen LogP contribution is -2.35. The largest absolute Gasteiger partial charge is 0.353 e. The number of nitrogens with two attached hydrogens (primary N) is 1. The zero-order valence-corrected chi connectivity index (χ0v) is 15.7. The summed E-state index contributed by atoms with van der Waals surface area (Å²) in [4.78, 5) is 12.0. The van der Waals surface area contributed by atoms with Crippen molar-refractivity contribution in [1.82, 2.24) is 14.9 Å². The van der Waals surface area contributed by atoms with Gasteiger partial charge in [0, 0.05) is 12.5 Å². The summed E-state index contributed by atoms with van der Waals surface area (Å²) < 4.78 is 1.07. The maximum atomic E-state index is 12.0. The molecule has 24 heavy (non-hydrogen) atoms. The molecule has 0 aliphatic heterocycles. The number of anilines is 1. The van der Waals surface area contributed by atoms with Gasteiger partial charge in [-0.15, -0.1) is 10.2 Å². The number of aromatic nitrogens is 3. The summed E-state index contributed by atoms with van der Waals surface area (Å²) in [7, 11) is 0. The Morgan fingerprint density at radius 1 is 0.958 bits per heavy atom. The van der Waals surface area contributed by atoms with Gasteiger partial charge in [-0.25, -0.2) is 0 Å². The molecule has 0 amide bonds. The van der Waals surface area contributed by atoms with Crippen molar-refractivity contribution in [3.63, 3.8) is 0 Å². The average molecular weight is 338 g/mol. The maximum Gasteiger partial charge on any atom is 0.295 e. The van der Waals surface area contributed by atoms with Crippen molar-refractivity contribution >= 4 is 5.95 Å². The second-order valence-corrected chi connectivity index (χ2v) is 6.85. The van der Waals surface area contributed by atoms with Crippen LogP contribution in [-0.2, 0) is 0 Å². The van der Waals surface area contributed by atoms with Gasteiger partial charge in [-0.3, -0.25) is 4.79 Å². The second kappa shape index (κ2) is 11.9. The highest BCUT2D eigenvalue weighted by Gasteiger charge is 2.12. The second-order valence-electron chi connectivity index (χ2n) is 6.85. The van der Waals surface area contributed by atoms with Crippen LogP contribution in [0, 0.1) is 0 Å². The molecule has 0 atom stereocenters. The Balaban J connectivity index is 2.14. The molecule has 0 bridgehead atoms. The summed E-state index contributed by atoms with van der Waals surface area (Å²) in [6.07, 6.45) is 13.0. The third-order valence-corrected chi connectivity index (χ3v) is 4.28. The molecule has 0 fully saturated rings. The van der Waals surface area contributed by atoms with Gasteiger partial charge in [0.1, 0.15) is 5.69 Å². The molecule has 0 unspecified atom stereocenters. The van der Waals surface area contributed by atoms with Crippen LogP contribution < -0.4 is 16.7 Å². The smallest absolute Gasteiger partial charge is 0.295 e. The van der Waals surface area contributed by atoms with E-state index in [-0.39, 0.29) is 11.5 Å². The molecular formula is C18H35N5O. The number of nitrogen functional groups attached to an aromatic ring is 1. The number of rotatable bonds is 13. The fourth-order valence-electron chi connectivity index (χ4n) is 2.71. The van der Waals surface area contributed by atoms with Gasteiger partial charge >= 0.3 is 0 Å². The number of nitrogens with zero attached hydrogens (tertiary/aromatic N) is 3. The van der Waals surface area contributed by atoms with Crippen molar-refractivity contribution < 1.29 is 0 Å². The lowest BCUT2D eigenvalue weighted by molar-refractivity contribution is 0.559. The SMILES string of the molecule is CCCCCCCCCCCCNc1nnc(C(C)C)c(=O)n1N. The summed E-state index contributed by atoms with van der Waals surface area (Å²) >= 11 is 0. The number of nitrogens with one attached hydrogen (secondary N) is 1. The zero-order valence-electron chi connectivity index (χ0n) is 15.7. The molecule has 3 N–H and O–H groups in total. The predicted octanol–water partition coefficient (Wildman–Crippen LogP) is 3.81. The first-order chi connectivity index (χ1) is 11.6. The topological polar surface area (TPSA) is 85.8 Å². The normalized spacial score (nSPS) is 11.2. The number of unbranched alkanes of at least 4 members (excludes halogenated alkanes) is 9. The summed E-state index contributed by atoms with van der Waals surface area (Å²) in [5, 5.41) is 11.1. The highest BCUT2D eigenvalue weighted by molar-refractivity contribution is 5.24. The van der Waals surface area contributed by atoms with Crippen LogP contribution in [0.5, 0.6) is 0 Å². The van der Waals surface area contributed by atoms with Crippen molar-refractivity contribution in [2.24, 2.45) is 0 Å². The van der Waals surface area contributed by atoms with E-state index in [0.29, 0.717) is 11.6 Å². The van der Waals surface area contributed by atoms with Gasteiger partial charge in [-0.2, -0.15) is 4.68 Å². The summed E-state index contributed by atoms with van der Waals surface area (Å²) in [6.45, 7) is 6.83. The standard InChI is InChI=1S/C18H35N5O/c1-4-5-6-7-8-9-10-11-12-13-14-20-18-22-21-16(15(2)3)17(24)23(18)19/h15H,4-14,19H2,1-3H3,(H,20,22). The minimum absolute atomic E-state index is 0.0239. The number of hydrogen-bond donors (Lipinski definition) is 2. The van der Waals surface area contributed by atoms with Crippen LogP contribution in [0.15, 0.2) is 4.79 Å². The Labute approximate surface area is 146 Å². The molecule has 0 spiro atoms. The van der Waals surface area contributed by atoms with Gasteiger partial charge in [0.2, 0.25) is 5.95 Å². The highest BCUT2D eigenvalue weighted by Crippen LogP contribution is 2.11. The van der Waals surface area contributed by atoms with Gasteiger partial charge < -0.3 is 11.2 Å². The van der Waals surface area contributed by atoms with E-state index in [9.17, 15) is 4.79 Å². The lowest BCUT2D eigenvalue weighted by Gasteiger charge is -2.11. The molecule has 0 saturated heterocycles. The third-order valence-electron chi connectivity index (χ3n) is 4.28. The first-order valence-electron chi connectivity index (χ1n) is 9.56. The van der Waals surface area contributed by atoms with E-state index in [1.54, 1.807) is 0 Å². The fourth-order valence-corrected chi connectivity index (χ4v) is 2.71. The van der Waals surface area contributed by atoms with Crippen LogP contribution in [0.2, 0.25) is 0 Å². The molecular weight excluding hydrogens is 302 g/mol. The maximum absolute atomic E-state index is 12.0. The fraction of sp³-hybridized carbons (Fsp3) is 0.833. The third kappa shape index (κ3) is 7.32. The monoisotopic (exact) mass is 337 g/mol. The summed E-state index contributed by atoms with van der Waals surface area (Å²) in [5.74, 6) is 6.16. The van der Waals surface area contributed by atoms with E-state index in [4.69, 9.17) is 5.84 Å². The van der Waals surface area contributed by atoms with Gasteiger partial charge in [-0.05, 0) is 6.42 Å². The Bertz CT molecular complexity index is 513. The van der Waals surface area contributed by atoms with Crippen molar-refractivity contribution in [1.29, 1.82) is 0 Å². The molecule has 1 aromatic heterocycles. The minimum Gasteiger partial charge on any atom is -0.353 e. The van der Waals surface area contributed by atoms with Crippen LogP contribution in [0.1, 0.15) is 96.6 Å². The van der Waals surface area contributed by atoms with Crippen molar-refractivity contribution in [2.45, 2.75) is 90.9 Å². The summed E-state index contributed by atoms with van der Waals surface area (Å²) in [6, 6.07) is 0. The molecule has 1 aromatic rings. The van der Waals surface area contributed by atoms with Gasteiger partial charge in [0.05, 0.1) is 0 Å². The quantitative estimate of drug-likeness (QED) is 0.422. The van der Waals surface area contributed by atoms with E-state index in [2.05, 4.69) is 22.4 Å². The molecule has 0 radical (unpaired) electrons. The lowest BCUT2D eigenvalue weighted by atomic mass is 10.1. The van der Waals surface area contributed by atoms with Crippen LogP contribution in [-0.4, -0.2) is 21.4 Å². The molecule has 0 saturated carbocycles. The molecule has 138 valence electrons. The molecule has 6 heteroatoms. The Kier molecular flexibility index (Phi) is 10.1. The van der Waals surface area contributed by atoms with Gasteiger partial charge in [0.15, 0.2) is 0 Å². The van der Waals surface area contributed by atoms with E-state index in [0.717, 1.165) is 17.6 Å². The Hall–Kier alpha value is -1.59. The van der Waals surface area contributed by atoms with E-state index in [1.807, 2.05) is 13.8 Å². The first-order valence-corrected chi connectivity index (χ1v) is 9.56. The van der Waals surface area contributed by atoms with Gasteiger partial charge in [-0.1, -0.05) is 78.6 Å². The van der Waals surface area contributed by atoms with Crippen molar-refractivity contribution in [3.8, 4) is 0 Å². The molecule has 6 nitrogen and oxygen atoms in total. The van der Waals surface area contributed by atoms with Crippen molar-refractivity contribution in [2.75, 3.05) is 17.7 Å². The minimum atomic E-state index is -0.273. The van der Waals surface area contributed by atoms with E-state index >= 15 is 0 Å². The zero-order chi connectivity index (χ0) is 17.8. The Morgan fingerprint density at radius 2 is 1.50 bits per heavy atom.